The van der Waals surface area contributed by atoms with Crippen LogP contribution < -0.4 is 16.0 Å². The number of ether oxygens (including phenoxy) is 1. The lowest BCUT2D eigenvalue weighted by Gasteiger charge is -2.28. The van der Waals surface area contributed by atoms with Gasteiger partial charge in [0.2, 0.25) is 11.8 Å². The Morgan fingerprint density at radius 3 is 1.51 bits per heavy atom. The summed E-state index contributed by atoms with van der Waals surface area (Å²) in [7, 11) is 0. The first kappa shape index (κ1) is 40.5. The Morgan fingerprint density at radius 1 is 0.600 bits per heavy atom. The van der Waals surface area contributed by atoms with Crippen LogP contribution in [0.1, 0.15) is 156 Å². The summed E-state index contributed by atoms with van der Waals surface area (Å²) in [6.45, 7) is 10.9. The van der Waals surface area contributed by atoms with Crippen molar-refractivity contribution >= 4 is 17.9 Å². The molecule has 45 heavy (non-hydrogen) atoms. The van der Waals surface area contributed by atoms with E-state index in [9.17, 15) is 14.4 Å². The van der Waals surface area contributed by atoms with E-state index < -0.39 is 18.2 Å². The van der Waals surface area contributed by atoms with Gasteiger partial charge in [-0.15, -0.1) is 0 Å². The van der Waals surface area contributed by atoms with Gasteiger partial charge >= 0.3 is 6.09 Å². The first-order chi connectivity index (χ1) is 21.8. The van der Waals surface area contributed by atoms with Gasteiger partial charge in [-0.25, -0.2) is 4.79 Å². The van der Waals surface area contributed by atoms with Crippen molar-refractivity contribution in [2.75, 3.05) is 6.54 Å². The summed E-state index contributed by atoms with van der Waals surface area (Å²) in [5.41, 5.74) is 0.870. The Kier molecular flexibility index (Phi) is 23.9. The van der Waals surface area contributed by atoms with Crippen LogP contribution in [0.5, 0.6) is 0 Å². The second-order valence-electron chi connectivity index (χ2n) is 13.0. The van der Waals surface area contributed by atoms with Gasteiger partial charge in [-0.1, -0.05) is 174 Å². The van der Waals surface area contributed by atoms with Crippen molar-refractivity contribution in [3.63, 3.8) is 0 Å². The lowest BCUT2D eigenvalue weighted by molar-refractivity contribution is -0.131. The zero-order chi connectivity index (χ0) is 33.1. The second-order valence-corrected chi connectivity index (χ2v) is 13.0. The molecule has 1 aromatic carbocycles. The molecule has 1 aromatic rings. The third-order valence-electron chi connectivity index (χ3n) is 9.10. The number of carbonyl (C=O) groups is 3. The van der Waals surface area contributed by atoms with Crippen molar-refractivity contribution in [2.24, 2.45) is 11.8 Å². The molecule has 4 atom stereocenters. The molecular formula is C38H67N3O4. The minimum Gasteiger partial charge on any atom is -0.445 e. The third kappa shape index (κ3) is 19.5. The summed E-state index contributed by atoms with van der Waals surface area (Å²) in [4.78, 5) is 39.1. The number of benzene rings is 1. The number of alkyl carbamates (subject to hydrolysis) is 1. The molecule has 0 heterocycles. The van der Waals surface area contributed by atoms with E-state index in [0.717, 1.165) is 24.8 Å². The zero-order valence-corrected chi connectivity index (χ0v) is 29.5. The number of unbranched alkanes of at least 4 members (excludes halogenated alkanes) is 15. The molecule has 3 amide bonds. The van der Waals surface area contributed by atoms with Crippen LogP contribution >= 0.6 is 0 Å². The molecule has 0 saturated carbocycles. The van der Waals surface area contributed by atoms with Crippen molar-refractivity contribution in [1.82, 2.24) is 16.0 Å². The predicted molar refractivity (Wildman–Crippen MR) is 187 cm³/mol. The quantitative estimate of drug-likeness (QED) is 0.0845. The highest BCUT2D eigenvalue weighted by atomic mass is 16.5. The lowest BCUT2D eigenvalue weighted by atomic mass is 9.95. The van der Waals surface area contributed by atoms with E-state index in [1.165, 1.54) is 89.9 Å². The molecule has 4 unspecified atom stereocenters. The summed E-state index contributed by atoms with van der Waals surface area (Å²) in [5.74, 6) is -0.681. The highest BCUT2D eigenvalue weighted by Crippen LogP contribution is 2.15. The van der Waals surface area contributed by atoms with Crippen molar-refractivity contribution in [3.05, 3.63) is 35.9 Å². The van der Waals surface area contributed by atoms with Crippen LogP contribution in [0.3, 0.4) is 0 Å². The van der Waals surface area contributed by atoms with E-state index in [1.54, 1.807) is 0 Å². The monoisotopic (exact) mass is 630 g/mol. The lowest BCUT2D eigenvalue weighted by Crippen LogP contribution is -2.57. The van der Waals surface area contributed by atoms with Crippen LogP contribution in [0.25, 0.3) is 0 Å². The molecule has 0 spiro atoms. The van der Waals surface area contributed by atoms with Gasteiger partial charge in [0.15, 0.2) is 0 Å². The minimum absolute atomic E-state index is 0.0395. The number of nitrogens with one attached hydrogen (secondary N) is 3. The fraction of sp³-hybridized carbons (Fsp3) is 0.763. The summed E-state index contributed by atoms with van der Waals surface area (Å²) >= 11 is 0. The van der Waals surface area contributed by atoms with E-state index >= 15 is 0 Å². The van der Waals surface area contributed by atoms with E-state index in [4.69, 9.17) is 4.74 Å². The molecule has 7 heteroatoms. The summed E-state index contributed by atoms with van der Waals surface area (Å²) in [5, 5.41) is 8.73. The van der Waals surface area contributed by atoms with Gasteiger partial charge in [-0.05, 0) is 23.8 Å². The molecule has 0 aromatic heterocycles. The fourth-order valence-corrected chi connectivity index (χ4v) is 5.53. The van der Waals surface area contributed by atoms with Crippen molar-refractivity contribution < 1.29 is 19.1 Å². The van der Waals surface area contributed by atoms with E-state index in [2.05, 4.69) is 22.9 Å². The van der Waals surface area contributed by atoms with Crippen molar-refractivity contribution in [2.45, 2.75) is 169 Å². The topological polar surface area (TPSA) is 96.5 Å². The molecule has 0 saturated heterocycles. The van der Waals surface area contributed by atoms with Gasteiger partial charge in [0.1, 0.15) is 18.7 Å². The number of hydrogen-bond acceptors (Lipinski definition) is 4. The summed E-state index contributed by atoms with van der Waals surface area (Å²) in [6, 6.07) is 7.97. The molecule has 0 bridgehead atoms. The van der Waals surface area contributed by atoms with Crippen LogP contribution in [0.2, 0.25) is 0 Å². The molecule has 0 aliphatic heterocycles. The maximum atomic E-state index is 13.4. The maximum Gasteiger partial charge on any atom is 0.408 e. The van der Waals surface area contributed by atoms with Crippen LogP contribution in [-0.4, -0.2) is 36.5 Å². The average Bonchev–Trinajstić information content (AvgIpc) is 3.06. The number of carbonyl (C=O) groups excluding carboxylic acids is 3. The number of rotatable bonds is 27. The van der Waals surface area contributed by atoms with Gasteiger partial charge < -0.3 is 20.7 Å². The van der Waals surface area contributed by atoms with Gasteiger partial charge in [0.05, 0.1) is 0 Å². The third-order valence-corrected chi connectivity index (χ3v) is 9.10. The average molecular weight is 630 g/mol. The highest BCUT2D eigenvalue weighted by molar-refractivity contribution is 5.91. The van der Waals surface area contributed by atoms with E-state index in [-0.39, 0.29) is 30.3 Å². The molecule has 0 aliphatic carbocycles. The molecule has 1 rings (SSSR count). The Morgan fingerprint density at radius 2 is 1.04 bits per heavy atom. The standard InChI is InChI=1S/C38H67N3O4/c1-6-9-10-11-12-13-14-15-16-17-18-19-20-21-22-26-29-39-36(42)34(31(4)7-2)40-37(43)35(32(5)8-3)41-38(44)45-30-33-27-24-23-25-28-33/h23-25,27-28,31-32,34-35H,6-22,26,29-30H2,1-5H3,(H,39,42)(H,40,43)(H,41,44). The van der Waals surface area contributed by atoms with Gasteiger partial charge in [-0.2, -0.15) is 0 Å². The van der Waals surface area contributed by atoms with Crippen molar-refractivity contribution in [3.8, 4) is 0 Å². The maximum absolute atomic E-state index is 13.4. The highest BCUT2D eigenvalue weighted by Gasteiger charge is 2.32. The van der Waals surface area contributed by atoms with Gasteiger partial charge in [0, 0.05) is 6.54 Å². The summed E-state index contributed by atoms with van der Waals surface area (Å²) < 4.78 is 5.36. The largest absolute Gasteiger partial charge is 0.445 e. The molecule has 0 radical (unpaired) electrons. The molecule has 258 valence electrons. The van der Waals surface area contributed by atoms with Crippen LogP contribution in [0, 0.1) is 11.8 Å². The van der Waals surface area contributed by atoms with Gasteiger partial charge in [0.25, 0.3) is 0 Å². The van der Waals surface area contributed by atoms with Crippen molar-refractivity contribution in [1.29, 1.82) is 0 Å². The van der Waals surface area contributed by atoms with Crippen LogP contribution in [0.15, 0.2) is 30.3 Å². The Hall–Kier alpha value is -2.57. The number of hydrogen-bond donors (Lipinski definition) is 3. The zero-order valence-electron chi connectivity index (χ0n) is 29.5. The van der Waals surface area contributed by atoms with E-state index in [0.29, 0.717) is 13.0 Å². The Balaban J connectivity index is 2.32. The molecule has 3 N–H and O–H groups in total. The Bertz CT molecular complexity index is 894. The first-order valence-electron chi connectivity index (χ1n) is 18.4. The molecule has 0 aliphatic rings. The number of amides is 3. The van der Waals surface area contributed by atoms with E-state index in [1.807, 2.05) is 58.0 Å². The minimum atomic E-state index is -0.794. The first-order valence-corrected chi connectivity index (χ1v) is 18.4. The smallest absolute Gasteiger partial charge is 0.408 e. The second kappa shape index (κ2) is 26.6. The molecule has 0 fully saturated rings. The summed E-state index contributed by atoms with van der Waals surface area (Å²) in [6.07, 6.45) is 21.8. The fourth-order valence-electron chi connectivity index (χ4n) is 5.53. The predicted octanol–water partition coefficient (Wildman–Crippen LogP) is 9.24. The van der Waals surface area contributed by atoms with Gasteiger partial charge in [-0.3, -0.25) is 9.59 Å². The normalized spacial score (nSPS) is 13.8. The Labute approximate surface area is 275 Å². The molecule has 7 nitrogen and oxygen atoms in total. The molecular weight excluding hydrogens is 562 g/mol. The van der Waals surface area contributed by atoms with Crippen LogP contribution in [0.4, 0.5) is 4.79 Å². The van der Waals surface area contributed by atoms with Crippen LogP contribution in [-0.2, 0) is 20.9 Å². The SMILES string of the molecule is CCCCCCCCCCCCCCCCCCNC(=O)C(NC(=O)C(NC(=O)OCc1ccccc1)C(C)CC)C(C)CC.